The highest BCUT2D eigenvalue weighted by Crippen LogP contribution is 2.35. The number of aliphatic hydroxyl groups is 1. The second-order valence-electron chi connectivity index (χ2n) is 5.04. The molecule has 0 spiro atoms. The number of thiophene rings is 1. The zero-order valence-corrected chi connectivity index (χ0v) is 13.1. The summed E-state index contributed by atoms with van der Waals surface area (Å²) >= 11 is 5.25. The summed E-state index contributed by atoms with van der Waals surface area (Å²) in [6.45, 7) is 3.32. The standard InChI is InChI=1S/C13H21BrN2OS/c1-9(15)13(12-6-10(14)8-18-12)16-5-3-2-4-11(16)7-17/h6,8-9,11,13,17H,2-5,7,15H2,1H3. The van der Waals surface area contributed by atoms with Gasteiger partial charge in [-0.1, -0.05) is 6.42 Å². The summed E-state index contributed by atoms with van der Waals surface area (Å²) in [5.41, 5.74) is 6.19. The molecule has 0 aliphatic carbocycles. The summed E-state index contributed by atoms with van der Waals surface area (Å²) < 4.78 is 1.12. The molecule has 2 rings (SSSR count). The molecule has 1 aromatic heterocycles. The van der Waals surface area contributed by atoms with Crippen LogP contribution in [0.1, 0.15) is 37.1 Å². The van der Waals surface area contributed by atoms with Crippen molar-refractivity contribution >= 4 is 27.3 Å². The fraction of sp³-hybridized carbons (Fsp3) is 0.692. The van der Waals surface area contributed by atoms with Crippen molar-refractivity contribution in [3.63, 3.8) is 0 Å². The van der Waals surface area contributed by atoms with Gasteiger partial charge >= 0.3 is 0 Å². The first-order valence-electron chi connectivity index (χ1n) is 6.49. The van der Waals surface area contributed by atoms with Crippen molar-refractivity contribution in [3.05, 3.63) is 20.8 Å². The molecule has 0 bridgehead atoms. The Hall–Kier alpha value is 0.0600. The monoisotopic (exact) mass is 332 g/mol. The van der Waals surface area contributed by atoms with Crippen LogP contribution in [0.15, 0.2) is 15.9 Å². The van der Waals surface area contributed by atoms with Crippen LogP contribution >= 0.6 is 27.3 Å². The molecule has 3 N–H and O–H groups in total. The van der Waals surface area contributed by atoms with Gasteiger partial charge in [-0.3, -0.25) is 4.90 Å². The van der Waals surface area contributed by atoms with E-state index in [4.69, 9.17) is 5.73 Å². The van der Waals surface area contributed by atoms with Gasteiger partial charge in [-0.15, -0.1) is 11.3 Å². The molecule has 3 unspecified atom stereocenters. The topological polar surface area (TPSA) is 49.5 Å². The molecule has 0 radical (unpaired) electrons. The second-order valence-corrected chi connectivity index (χ2v) is 6.90. The maximum atomic E-state index is 9.56. The lowest BCUT2D eigenvalue weighted by atomic mass is 9.97. The molecular formula is C13H21BrN2OS. The Labute approximate surface area is 121 Å². The van der Waals surface area contributed by atoms with Crippen LogP contribution in [0.25, 0.3) is 0 Å². The van der Waals surface area contributed by atoms with E-state index in [0.717, 1.165) is 17.4 Å². The molecule has 3 nitrogen and oxygen atoms in total. The first-order valence-corrected chi connectivity index (χ1v) is 8.17. The minimum atomic E-state index is 0.0719. The Morgan fingerprint density at radius 3 is 2.94 bits per heavy atom. The third-order valence-corrected chi connectivity index (χ3v) is 5.38. The van der Waals surface area contributed by atoms with E-state index in [1.54, 1.807) is 11.3 Å². The quantitative estimate of drug-likeness (QED) is 0.891. The van der Waals surface area contributed by atoms with E-state index in [1.807, 2.05) is 0 Å². The molecule has 1 saturated heterocycles. The lowest BCUT2D eigenvalue weighted by Gasteiger charge is -2.41. The third-order valence-electron chi connectivity index (χ3n) is 3.62. The first-order chi connectivity index (χ1) is 8.63. The maximum Gasteiger partial charge on any atom is 0.0594 e. The molecule has 102 valence electrons. The third kappa shape index (κ3) is 3.14. The van der Waals surface area contributed by atoms with Crippen LogP contribution in [-0.2, 0) is 0 Å². The molecule has 18 heavy (non-hydrogen) atoms. The van der Waals surface area contributed by atoms with Crippen molar-refractivity contribution in [2.45, 2.75) is 44.3 Å². The van der Waals surface area contributed by atoms with Gasteiger partial charge in [-0.05, 0) is 48.3 Å². The predicted octanol–water partition coefficient (Wildman–Crippen LogP) is 2.75. The molecule has 3 atom stereocenters. The fourth-order valence-electron chi connectivity index (χ4n) is 2.79. The van der Waals surface area contributed by atoms with Crippen LogP contribution in [0, 0.1) is 0 Å². The van der Waals surface area contributed by atoms with Crippen molar-refractivity contribution in [3.8, 4) is 0 Å². The number of hydrogen-bond acceptors (Lipinski definition) is 4. The van der Waals surface area contributed by atoms with Gasteiger partial charge in [0.2, 0.25) is 0 Å². The molecule has 1 aliphatic heterocycles. The molecule has 0 amide bonds. The Morgan fingerprint density at radius 1 is 1.61 bits per heavy atom. The Balaban J connectivity index is 2.23. The number of halogens is 1. The number of nitrogens with two attached hydrogens (primary N) is 1. The summed E-state index contributed by atoms with van der Waals surface area (Å²) in [7, 11) is 0. The average Bonchev–Trinajstić information content (AvgIpc) is 2.76. The van der Waals surface area contributed by atoms with Gasteiger partial charge in [0.15, 0.2) is 0 Å². The van der Waals surface area contributed by atoms with Crippen molar-refractivity contribution in [2.75, 3.05) is 13.2 Å². The van der Waals surface area contributed by atoms with E-state index in [-0.39, 0.29) is 24.7 Å². The Bertz CT molecular complexity index is 383. The summed E-state index contributed by atoms with van der Waals surface area (Å²) in [6.07, 6.45) is 3.49. The molecule has 5 heteroatoms. The molecule has 0 saturated carbocycles. The number of hydrogen-bond donors (Lipinski definition) is 2. The summed E-state index contributed by atoms with van der Waals surface area (Å²) in [4.78, 5) is 3.68. The van der Waals surface area contributed by atoms with Gasteiger partial charge in [0.1, 0.15) is 0 Å². The molecule has 1 aromatic rings. The second kappa shape index (κ2) is 6.48. The maximum absolute atomic E-state index is 9.56. The number of nitrogens with zero attached hydrogens (tertiary/aromatic N) is 1. The van der Waals surface area contributed by atoms with Crippen LogP contribution in [-0.4, -0.2) is 35.2 Å². The summed E-state index contributed by atoms with van der Waals surface area (Å²) in [5.74, 6) is 0. The molecule has 1 fully saturated rings. The van der Waals surface area contributed by atoms with Gasteiger partial charge in [0, 0.05) is 26.8 Å². The largest absolute Gasteiger partial charge is 0.395 e. The fourth-order valence-corrected chi connectivity index (χ4v) is 4.47. The molecule has 2 heterocycles. The van der Waals surface area contributed by atoms with E-state index in [1.165, 1.54) is 17.7 Å². The van der Waals surface area contributed by atoms with Crippen molar-refractivity contribution in [2.24, 2.45) is 5.73 Å². The Kier molecular flexibility index (Phi) is 5.21. The molecule has 1 aliphatic rings. The van der Waals surface area contributed by atoms with E-state index in [0.29, 0.717) is 0 Å². The van der Waals surface area contributed by atoms with Gasteiger partial charge in [-0.2, -0.15) is 0 Å². The zero-order valence-electron chi connectivity index (χ0n) is 10.7. The van der Waals surface area contributed by atoms with E-state index < -0.39 is 0 Å². The molecular weight excluding hydrogens is 312 g/mol. The number of rotatable bonds is 4. The van der Waals surface area contributed by atoms with Crippen molar-refractivity contribution in [1.82, 2.24) is 4.90 Å². The van der Waals surface area contributed by atoms with Gasteiger partial charge < -0.3 is 10.8 Å². The normalized spacial score (nSPS) is 25.0. The lowest BCUT2D eigenvalue weighted by Crippen LogP contribution is -2.48. The summed E-state index contributed by atoms with van der Waals surface area (Å²) in [6, 6.07) is 2.71. The van der Waals surface area contributed by atoms with Gasteiger partial charge in [-0.25, -0.2) is 0 Å². The van der Waals surface area contributed by atoms with Gasteiger partial charge in [0.25, 0.3) is 0 Å². The van der Waals surface area contributed by atoms with Crippen LogP contribution in [0.3, 0.4) is 0 Å². The minimum Gasteiger partial charge on any atom is -0.395 e. The minimum absolute atomic E-state index is 0.0719. The lowest BCUT2D eigenvalue weighted by molar-refractivity contribution is 0.0457. The van der Waals surface area contributed by atoms with Crippen LogP contribution in [0.5, 0.6) is 0 Å². The first kappa shape index (κ1) is 14.5. The summed E-state index contributed by atoms with van der Waals surface area (Å²) in [5, 5.41) is 11.7. The molecule has 0 aromatic carbocycles. The Morgan fingerprint density at radius 2 is 2.39 bits per heavy atom. The highest BCUT2D eigenvalue weighted by Gasteiger charge is 2.32. The predicted molar refractivity (Wildman–Crippen MR) is 79.8 cm³/mol. The number of likely N-dealkylation sites (tertiary alicyclic amines) is 1. The SMILES string of the molecule is CC(N)C(c1cc(Br)cs1)N1CCCCC1CO. The van der Waals surface area contributed by atoms with Crippen LogP contribution in [0.2, 0.25) is 0 Å². The number of piperidine rings is 1. The van der Waals surface area contributed by atoms with E-state index >= 15 is 0 Å². The highest BCUT2D eigenvalue weighted by molar-refractivity contribution is 9.10. The van der Waals surface area contributed by atoms with Crippen molar-refractivity contribution < 1.29 is 5.11 Å². The van der Waals surface area contributed by atoms with E-state index in [9.17, 15) is 5.11 Å². The smallest absolute Gasteiger partial charge is 0.0594 e. The van der Waals surface area contributed by atoms with Gasteiger partial charge in [0.05, 0.1) is 12.6 Å². The highest BCUT2D eigenvalue weighted by atomic mass is 79.9. The average molecular weight is 333 g/mol. The zero-order chi connectivity index (χ0) is 13.1. The van der Waals surface area contributed by atoms with E-state index in [2.05, 4.69) is 39.2 Å². The van der Waals surface area contributed by atoms with Crippen LogP contribution < -0.4 is 5.73 Å². The number of aliphatic hydroxyl groups excluding tert-OH is 1. The van der Waals surface area contributed by atoms with Crippen LogP contribution in [0.4, 0.5) is 0 Å². The van der Waals surface area contributed by atoms with Crippen molar-refractivity contribution in [1.29, 1.82) is 0 Å².